The fourth-order valence-corrected chi connectivity index (χ4v) is 5.47. The molecule has 2 aromatic heterocycles. The van der Waals surface area contributed by atoms with Crippen molar-refractivity contribution in [3.05, 3.63) is 37.9 Å². The number of urea groups is 1. The average molecular weight is 489 g/mol. The number of carbonyl (C=O) groups excluding carboxylic acids is 3. The lowest BCUT2D eigenvalue weighted by Gasteiger charge is -2.28. The summed E-state index contributed by atoms with van der Waals surface area (Å²) in [5.41, 5.74) is 0.820. The zero-order valence-electron chi connectivity index (χ0n) is 19.5. The summed E-state index contributed by atoms with van der Waals surface area (Å²) in [4.78, 5) is 56.2. The SMILES string of the molecule is CCOC(=O)C1=C(COC(=O)c2sc3nc4n(c(=O)c3c2C)CCCCC4)NC(=O)N[C@H]1CC. The summed E-state index contributed by atoms with van der Waals surface area (Å²) in [7, 11) is 0. The van der Waals surface area contributed by atoms with Gasteiger partial charge in [-0.2, -0.15) is 0 Å². The van der Waals surface area contributed by atoms with Gasteiger partial charge in [-0.15, -0.1) is 11.3 Å². The first-order chi connectivity index (χ1) is 16.3. The number of rotatable bonds is 6. The summed E-state index contributed by atoms with van der Waals surface area (Å²) in [5.74, 6) is -0.468. The van der Waals surface area contributed by atoms with Crippen LogP contribution in [0.1, 0.15) is 60.6 Å². The van der Waals surface area contributed by atoms with Crippen LogP contribution in [-0.2, 0) is 27.2 Å². The van der Waals surface area contributed by atoms with Crippen LogP contribution in [0.4, 0.5) is 4.79 Å². The van der Waals surface area contributed by atoms with E-state index in [0.29, 0.717) is 28.7 Å². The Morgan fingerprint density at radius 3 is 2.68 bits per heavy atom. The van der Waals surface area contributed by atoms with E-state index in [1.807, 2.05) is 6.92 Å². The van der Waals surface area contributed by atoms with Gasteiger partial charge in [0.2, 0.25) is 0 Å². The Balaban J connectivity index is 1.63. The molecule has 2 aliphatic heterocycles. The Bertz CT molecular complexity index is 1240. The summed E-state index contributed by atoms with van der Waals surface area (Å²) >= 11 is 1.13. The van der Waals surface area contributed by atoms with Crippen LogP contribution in [0.2, 0.25) is 0 Å². The molecule has 0 aliphatic carbocycles. The predicted molar refractivity (Wildman–Crippen MR) is 126 cm³/mol. The molecule has 2 aliphatic rings. The number of fused-ring (bicyclic) bond motifs is 2. The van der Waals surface area contributed by atoms with Gasteiger partial charge >= 0.3 is 18.0 Å². The monoisotopic (exact) mass is 488 g/mol. The second-order valence-electron chi connectivity index (χ2n) is 8.28. The van der Waals surface area contributed by atoms with Crippen LogP contribution in [0.3, 0.4) is 0 Å². The maximum absolute atomic E-state index is 13.1. The Morgan fingerprint density at radius 1 is 1.15 bits per heavy atom. The van der Waals surface area contributed by atoms with Gasteiger partial charge in [0.1, 0.15) is 22.1 Å². The number of esters is 2. The first-order valence-corrected chi connectivity index (χ1v) is 12.3. The van der Waals surface area contributed by atoms with Gasteiger partial charge in [-0.1, -0.05) is 13.3 Å². The number of hydrogen-bond acceptors (Lipinski definition) is 8. The molecule has 4 rings (SSSR count). The van der Waals surface area contributed by atoms with Gasteiger partial charge in [0.05, 0.1) is 29.3 Å². The molecule has 2 aromatic rings. The van der Waals surface area contributed by atoms with E-state index >= 15 is 0 Å². The number of nitrogens with one attached hydrogen (secondary N) is 2. The van der Waals surface area contributed by atoms with Crippen molar-refractivity contribution in [2.24, 2.45) is 0 Å². The van der Waals surface area contributed by atoms with Crippen LogP contribution in [0.15, 0.2) is 16.1 Å². The highest BCUT2D eigenvalue weighted by Gasteiger charge is 2.32. The van der Waals surface area contributed by atoms with Crippen molar-refractivity contribution in [3.63, 3.8) is 0 Å². The highest BCUT2D eigenvalue weighted by atomic mass is 32.1. The molecule has 11 heteroatoms. The second kappa shape index (κ2) is 9.96. The van der Waals surface area contributed by atoms with E-state index in [4.69, 9.17) is 9.47 Å². The molecule has 2 amide bonds. The highest BCUT2D eigenvalue weighted by Crippen LogP contribution is 2.29. The van der Waals surface area contributed by atoms with E-state index in [-0.39, 0.29) is 34.9 Å². The normalized spacial score (nSPS) is 18.1. The van der Waals surface area contributed by atoms with Crippen molar-refractivity contribution in [1.29, 1.82) is 0 Å². The summed E-state index contributed by atoms with van der Waals surface area (Å²) in [5, 5.41) is 5.68. The third kappa shape index (κ3) is 4.44. The smallest absolute Gasteiger partial charge is 0.349 e. The minimum atomic E-state index is -0.642. The number of aromatic nitrogens is 2. The lowest BCUT2D eigenvalue weighted by atomic mass is 10.0. The lowest BCUT2D eigenvalue weighted by Crippen LogP contribution is -2.51. The van der Waals surface area contributed by atoms with Crippen LogP contribution in [0, 0.1) is 6.92 Å². The predicted octanol–water partition coefficient (Wildman–Crippen LogP) is 2.56. The quantitative estimate of drug-likeness (QED) is 0.598. The Morgan fingerprint density at radius 2 is 1.94 bits per heavy atom. The van der Waals surface area contributed by atoms with Gasteiger partial charge in [-0.25, -0.2) is 19.4 Å². The molecule has 1 atom stereocenters. The Hall–Kier alpha value is -3.21. The number of amides is 2. The van der Waals surface area contributed by atoms with Gasteiger partial charge in [0.25, 0.3) is 5.56 Å². The van der Waals surface area contributed by atoms with E-state index in [1.165, 1.54) is 0 Å². The first-order valence-electron chi connectivity index (χ1n) is 11.5. The maximum atomic E-state index is 13.1. The highest BCUT2D eigenvalue weighted by molar-refractivity contribution is 7.20. The van der Waals surface area contributed by atoms with Crippen LogP contribution in [0.5, 0.6) is 0 Å². The van der Waals surface area contributed by atoms with E-state index in [2.05, 4.69) is 15.6 Å². The molecule has 2 N–H and O–H groups in total. The minimum Gasteiger partial charge on any atom is -0.463 e. The lowest BCUT2D eigenvalue weighted by molar-refractivity contribution is -0.139. The standard InChI is InChI=1S/C23H28N4O6S/c1-4-13-17(21(29)32-5-2)14(25-23(31)24-13)11-33-22(30)18-12(3)16-19(34-18)26-15-9-7-6-8-10-27(15)20(16)28/h13H,4-11H2,1-3H3,(H2,24,25,31)/t13-/m0/s1. The molecule has 182 valence electrons. The molecular formula is C23H28N4O6S. The topological polar surface area (TPSA) is 129 Å². The van der Waals surface area contributed by atoms with E-state index in [1.54, 1.807) is 18.4 Å². The van der Waals surface area contributed by atoms with Crippen molar-refractivity contribution in [1.82, 2.24) is 20.2 Å². The summed E-state index contributed by atoms with van der Waals surface area (Å²) in [6.07, 6.45) is 4.17. The summed E-state index contributed by atoms with van der Waals surface area (Å²) in [6, 6.07) is -1.03. The van der Waals surface area contributed by atoms with Gasteiger partial charge in [-0.3, -0.25) is 9.36 Å². The van der Waals surface area contributed by atoms with Crippen LogP contribution >= 0.6 is 11.3 Å². The van der Waals surface area contributed by atoms with Crippen molar-refractivity contribution >= 4 is 39.5 Å². The zero-order chi connectivity index (χ0) is 24.4. The Labute approximate surface area is 200 Å². The van der Waals surface area contributed by atoms with E-state index in [9.17, 15) is 19.2 Å². The molecule has 0 saturated heterocycles. The molecule has 0 aromatic carbocycles. The number of carbonyl (C=O) groups is 3. The van der Waals surface area contributed by atoms with E-state index < -0.39 is 24.0 Å². The number of thiophene rings is 1. The van der Waals surface area contributed by atoms with E-state index in [0.717, 1.165) is 42.8 Å². The third-order valence-electron chi connectivity index (χ3n) is 6.09. The van der Waals surface area contributed by atoms with Crippen molar-refractivity contribution in [2.45, 2.75) is 65.5 Å². The maximum Gasteiger partial charge on any atom is 0.349 e. The number of aryl methyl sites for hydroxylation is 2. The van der Waals surface area contributed by atoms with Crippen LogP contribution < -0.4 is 16.2 Å². The summed E-state index contributed by atoms with van der Waals surface area (Å²) in [6.45, 7) is 5.72. The second-order valence-corrected chi connectivity index (χ2v) is 9.28. The molecule has 0 spiro atoms. The zero-order valence-corrected chi connectivity index (χ0v) is 20.3. The van der Waals surface area contributed by atoms with Crippen LogP contribution in [0.25, 0.3) is 10.2 Å². The third-order valence-corrected chi connectivity index (χ3v) is 7.26. The van der Waals surface area contributed by atoms with Gasteiger partial charge in [0.15, 0.2) is 0 Å². The molecule has 0 unspecified atom stereocenters. The molecule has 10 nitrogen and oxygen atoms in total. The molecule has 0 saturated carbocycles. The average Bonchev–Trinajstić information content (AvgIpc) is 2.97. The molecule has 4 heterocycles. The number of hydrogen-bond donors (Lipinski definition) is 2. The molecule has 0 radical (unpaired) electrons. The molecule has 0 fully saturated rings. The largest absolute Gasteiger partial charge is 0.463 e. The molecule has 34 heavy (non-hydrogen) atoms. The Kier molecular flexibility index (Phi) is 7.01. The fourth-order valence-electron chi connectivity index (χ4n) is 4.38. The van der Waals surface area contributed by atoms with Crippen molar-refractivity contribution in [3.8, 4) is 0 Å². The number of nitrogens with zero attached hydrogens (tertiary/aromatic N) is 2. The fraction of sp³-hybridized carbons (Fsp3) is 0.522. The summed E-state index contributed by atoms with van der Waals surface area (Å²) < 4.78 is 12.3. The van der Waals surface area contributed by atoms with Crippen LogP contribution in [-0.4, -0.2) is 46.8 Å². The number of ether oxygens (including phenoxy) is 2. The van der Waals surface area contributed by atoms with Gasteiger partial charge in [-0.05, 0) is 38.7 Å². The van der Waals surface area contributed by atoms with Gasteiger partial charge < -0.3 is 20.1 Å². The first kappa shape index (κ1) is 23.9. The van der Waals surface area contributed by atoms with Crippen molar-refractivity contribution in [2.75, 3.05) is 13.2 Å². The van der Waals surface area contributed by atoms with Crippen molar-refractivity contribution < 1.29 is 23.9 Å². The minimum absolute atomic E-state index is 0.126. The molecular weight excluding hydrogens is 460 g/mol. The van der Waals surface area contributed by atoms with Gasteiger partial charge in [0, 0.05) is 13.0 Å². The molecule has 0 bridgehead atoms.